The molecular formula is C38H36N6O6S4. The van der Waals surface area contributed by atoms with Crippen LogP contribution >= 0.6 is 22.7 Å². The molecule has 0 saturated heterocycles. The highest BCUT2D eigenvalue weighted by Crippen LogP contribution is 2.29. The van der Waals surface area contributed by atoms with E-state index in [1.54, 1.807) is 24.6 Å². The molecule has 12 nitrogen and oxygen atoms in total. The number of sulfonamides is 2. The maximum Gasteiger partial charge on any atom is 0.257 e. The Hall–Kier alpha value is -5.10. The number of thiazole rings is 2. The third kappa shape index (κ3) is 8.98. The quantitative estimate of drug-likeness (QED) is 0.110. The highest BCUT2D eigenvalue weighted by Gasteiger charge is 2.25. The van der Waals surface area contributed by atoms with E-state index in [0.717, 1.165) is 11.1 Å². The molecule has 0 radical (unpaired) electrons. The zero-order valence-corrected chi connectivity index (χ0v) is 32.5. The number of rotatable bonds is 15. The zero-order valence-electron chi connectivity index (χ0n) is 29.2. The standard InChI is InChI=1S/C38H36N6O6S4/c1-3-43(23-27-11-7-5-8-12-27)53(47,48)31-19-15-29(16-20-31)35(45)41-37-39-33(25-51-37)34-26-52-38(40-34)42-36(46)30-17-21-32(22-18-30)54(49,50)44(4-2)24-28-13-9-6-10-14-28/h5-22,25-26H,3-4,23-24H2,1-2H3,(H,39,41,45)(H,40,42,46). The number of aromatic nitrogens is 2. The summed E-state index contributed by atoms with van der Waals surface area (Å²) in [6, 6.07) is 30.2. The summed E-state index contributed by atoms with van der Waals surface area (Å²) in [5.74, 6) is -0.916. The van der Waals surface area contributed by atoms with Crippen LogP contribution in [0.4, 0.5) is 10.3 Å². The highest BCUT2D eigenvalue weighted by molar-refractivity contribution is 7.89. The second kappa shape index (κ2) is 16.9. The first-order chi connectivity index (χ1) is 26.0. The molecule has 278 valence electrons. The first-order valence-electron chi connectivity index (χ1n) is 16.8. The summed E-state index contributed by atoms with van der Waals surface area (Å²) in [7, 11) is -7.57. The van der Waals surface area contributed by atoms with Crippen LogP contribution < -0.4 is 10.6 Å². The molecule has 0 fully saturated rings. The molecule has 4 aromatic carbocycles. The molecule has 2 amide bonds. The molecule has 0 spiro atoms. The lowest BCUT2D eigenvalue weighted by Crippen LogP contribution is -2.30. The molecule has 0 aliphatic carbocycles. The fourth-order valence-corrected chi connectivity index (χ4v) is 9.67. The van der Waals surface area contributed by atoms with Crippen LogP contribution in [0.1, 0.15) is 45.7 Å². The van der Waals surface area contributed by atoms with Crippen molar-refractivity contribution in [1.82, 2.24) is 18.6 Å². The van der Waals surface area contributed by atoms with Gasteiger partial charge >= 0.3 is 0 Å². The van der Waals surface area contributed by atoms with Crippen molar-refractivity contribution in [2.45, 2.75) is 36.7 Å². The minimum absolute atomic E-state index is 0.0857. The van der Waals surface area contributed by atoms with Gasteiger partial charge < -0.3 is 0 Å². The maximum absolute atomic E-state index is 13.3. The van der Waals surface area contributed by atoms with Gasteiger partial charge in [-0.25, -0.2) is 26.8 Å². The van der Waals surface area contributed by atoms with Crippen molar-refractivity contribution in [1.29, 1.82) is 0 Å². The van der Waals surface area contributed by atoms with E-state index in [0.29, 0.717) is 21.7 Å². The van der Waals surface area contributed by atoms with Crippen LogP contribution in [0.25, 0.3) is 11.4 Å². The normalized spacial score (nSPS) is 11.9. The number of amides is 2. The molecule has 0 aliphatic rings. The number of hydrogen-bond acceptors (Lipinski definition) is 10. The molecule has 54 heavy (non-hydrogen) atoms. The van der Waals surface area contributed by atoms with Crippen LogP contribution in [0.15, 0.2) is 130 Å². The van der Waals surface area contributed by atoms with Gasteiger partial charge in [-0.15, -0.1) is 22.7 Å². The largest absolute Gasteiger partial charge is 0.298 e. The molecule has 0 saturated carbocycles. The van der Waals surface area contributed by atoms with Gasteiger partial charge in [-0.3, -0.25) is 20.2 Å². The van der Waals surface area contributed by atoms with E-state index in [1.165, 1.54) is 79.8 Å². The van der Waals surface area contributed by atoms with Crippen LogP contribution in [0.3, 0.4) is 0 Å². The zero-order chi connectivity index (χ0) is 38.3. The molecule has 2 N–H and O–H groups in total. The van der Waals surface area contributed by atoms with E-state index < -0.39 is 31.9 Å². The number of benzene rings is 4. The lowest BCUT2D eigenvalue weighted by Gasteiger charge is -2.20. The number of nitrogens with one attached hydrogen (secondary N) is 2. The Morgan fingerprint density at radius 3 is 1.24 bits per heavy atom. The minimum atomic E-state index is -3.78. The first-order valence-corrected chi connectivity index (χ1v) is 21.4. The van der Waals surface area contributed by atoms with Gasteiger partial charge in [0, 0.05) is 48.1 Å². The Morgan fingerprint density at radius 2 is 0.907 bits per heavy atom. The van der Waals surface area contributed by atoms with Gasteiger partial charge in [0.2, 0.25) is 20.0 Å². The fourth-order valence-electron chi connectivity index (χ4n) is 5.40. The molecule has 0 atom stereocenters. The van der Waals surface area contributed by atoms with E-state index in [2.05, 4.69) is 20.6 Å². The van der Waals surface area contributed by atoms with Crippen molar-refractivity contribution >= 4 is 64.8 Å². The van der Waals surface area contributed by atoms with Gasteiger partial charge in [-0.1, -0.05) is 74.5 Å². The summed E-state index contributed by atoms with van der Waals surface area (Å²) in [5.41, 5.74) is 3.23. The summed E-state index contributed by atoms with van der Waals surface area (Å²) >= 11 is 2.38. The van der Waals surface area contributed by atoms with Crippen molar-refractivity contribution in [2.75, 3.05) is 23.7 Å². The summed E-state index contributed by atoms with van der Waals surface area (Å²) in [6.45, 7) is 4.60. The molecule has 0 unspecified atom stereocenters. The second-order valence-electron chi connectivity index (χ2n) is 11.9. The average Bonchev–Trinajstić information content (AvgIpc) is 3.86. The van der Waals surface area contributed by atoms with Gasteiger partial charge in [-0.05, 0) is 59.7 Å². The summed E-state index contributed by atoms with van der Waals surface area (Å²) < 4.78 is 56.0. The third-order valence-electron chi connectivity index (χ3n) is 8.33. The van der Waals surface area contributed by atoms with Crippen molar-refractivity contribution in [3.05, 3.63) is 142 Å². The number of nitrogens with zero attached hydrogens (tertiary/aromatic N) is 4. The Labute approximate surface area is 322 Å². The topological polar surface area (TPSA) is 159 Å². The minimum Gasteiger partial charge on any atom is -0.298 e. The van der Waals surface area contributed by atoms with Crippen LogP contribution in [-0.2, 0) is 33.1 Å². The SMILES string of the molecule is CCN(Cc1ccccc1)S(=O)(=O)c1ccc(C(=O)Nc2nc(-c3csc(NC(=O)c4ccc(S(=O)(=O)N(CC)Cc5ccccc5)cc4)n3)cs2)cc1. The first kappa shape index (κ1) is 38.6. The van der Waals surface area contributed by atoms with Crippen molar-refractivity contribution in [3.8, 4) is 11.4 Å². The van der Waals surface area contributed by atoms with Crippen LogP contribution in [0.2, 0.25) is 0 Å². The molecule has 6 rings (SSSR count). The number of carbonyl (C=O) groups excluding carboxylic acids is 2. The van der Waals surface area contributed by atoms with Crippen molar-refractivity contribution in [3.63, 3.8) is 0 Å². The van der Waals surface area contributed by atoms with Gasteiger partial charge in [0.1, 0.15) is 11.4 Å². The lowest BCUT2D eigenvalue weighted by atomic mass is 10.2. The second-order valence-corrected chi connectivity index (χ2v) is 17.5. The lowest BCUT2D eigenvalue weighted by molar-refractivity contribution is 0.101. The van der Waals surface area contributed by atoms with Crippen LogP contribution in [0.5, 0.6) is 0 Å². The van der Waals surface area contributed by atoms with Gasteiger partial charge in [0.05, 0.1) is 9.79 Å². The summed E-state index contributed by atoms with van der Waals surface area (Å²) in [5, 5.41) is 9.54. The van der Waals surface area contributed by atoms with E-state index in [1.807, 2.05) is 60.7 Å². The van der Waals surface area contributed by atoms with Crippen molar-refractivity contribution in [2.24, 2.45) is 0 Å². The maximum atomic E-state index is 13.3. The molecule has 2 aromatic heterocycles. The van der Waals surface area contributed by atoms with Gasteiger partial charge in [0.15, 0.2) is 10.3 Å². The van der Waals surface area contributed by atoms with E-state index in [-0.39, 0.29) is 47.1 Å². The van der Waals surface area contributed by atoms with Gasteiger partial charge in [0.25, 0.3) is 11.8 Å². The fraction of sp³-hybridized carbons (Fsp3) is 0.158. The summed E-state index contributed by atoms with van der Waals surface area (Å²) in [6.07, 6.45) is 0. The number of carbonyl (C=O) groups is 2. The Kier molecular flexibility index (Phi) is 12.1. The molecule has 6 aromatic rings. The Balaban J connectivity index is 1.05. The van der Waals surface area contributed by atoms with Gasteiger partial charge in [-0.2, -0.15) is 8.61 Å². The Morgan fingerprint density at radius 1 is 0.556 bits per heavy atom. The predicted molar refractivity (Wildman–Crippen MR) is 211 cm³/mol. The van der Waals surface area contributed by atoms with Crippen LogP contribution in [0, 0.1) is 0 Å². The monoisotopic (exact) mass is 800 g/mol. The predicted octanol–water partition coefficient (Wildman–Crippen LogP) is 7.19. The Bertz CT molecular complexity index is 2260. The number of hydrogen-bond donors (Lipinski definition) is 2. The van der Waals surface area contributed by atoms with E-state index >= 15 is 0 Å². The van der Waals surface area contributed by atoms with Crippen molar-refractivity contribution < 1.29 is 26.4 Å². The highest BCUT2D eigenvalue weighted by atomic mass is 32.2. The van der Waals surface area contributed by atoms with E-state index in [9.17, 15) is 26.4 Å². The molecular weight excluding hydrogens is 765 g/mol. The van der Waals surface area contributed by atoms with Crippen LogP contribution in [-0.4, -0.2) is 60.3 Å². The molecule has 0 bridgehead atoms. The third-order valence-corrected chi connectivity index (χ3v) is 13.7. The smallest absolute Gasteiger partial charge is 0.257 e. The molecule has 2 heterocycles. The molecule has 0 aliphatic heterocycles. The number of anilines is 2. The summed E-state index contributed by atoms with van der Waals surface area (Å²) in [4.78, 5) is 35.1. The average molecular weight is 801 g/mol. The molecule has 16 heteroatoms. The van der Waals surface area contributed by atoms with E-state index in [4.69, 9.17) is 0 Å².